The Bertz CT molecular complexity index is 403. The Balaban J connectivity index is 2.57. The van der Waals surface area contributed by atoms with E-state index < -0.39 is 17.5 Å². The first-order valence-corrected chi connectivity index (χ1v) is 8.75. The lowest BCUT2D eigenvalue weighted by Crippen LogP contribution is -2.46. The Morgan fingerprint density at radius 3 is 2.46 bits per heavy atom. The van der Waals surface area contributed by atoms with Crippen molar-refractivity contribution in [2.75, 3.05) is 45.9 Å². The van der Waals surface area contributed by atoms with E-state index in [0.717, 1.165) is 32.8 Å². The van der Waals surface area contributed by atoms with Crippen LogP contribution in [0.25, 0.3) is 0 Å². The molecule has 0 saturated carbocycles. The van der Waals surface area contributed by atoms with Crippen LogP contribution >= 0.6 is 0 Å². The summed E-state index contributed by atoms with van der Waals surface area (Å²) in [7, 11) is 0. The van der Waals surface area contributed by atoms with Gasteiger partial charge in [0.1, 0.15) is 11.5 Å². The van der Waals surface area contributed by atoms with Crippen molar-refractivity contribution in [1.29, 1.82) is 0 Å². The summed E-state index contributed by atoms with van der Waals surface area (Å²) in [6.07, 6.45) is 0.598. The summed E-state index contributed by atoms with van der Waals surface area (Å²) in [4.78, 5) is 27.2. The fourth-order valence-corrected chi connectivity index (χ4v) is 2.66. The lowest BCUT2D eigenvalue weighted by molar-refractivity contribution is -0.164. The van der Waals surface area contributed by atoms with Crippen LogP contribution < -0.4 is 11.1 Å². The van der Waals surface area contributed by atoms with E-state index in [9.17, 15) is 9.59 Å². The predicted molar refractivity (Wildman–Crippen MR) is 92.4 cm³/mol. The van der Waals surface area contributed by atoms with Gasteiger partial charge in [0.15, 0.2) is 0 Å². The second-order valence-corrected chi connectivity index (χ2v) is 7.31. The highest BCUT2D eigenvalue weighted by Crippen LogP contribution is 2.20. The molecule has 0 bridgehead atoms. The molecular formula is C17H33N3O4. The van der Waals surface area contributed by atoms with Gasteiger partial charge in [-0.1, -0.05) is 6.92 Å². The van der Waals surface area contributed by atoms with Crippen molar-refractivity contribution in [2.45, 2.75) is 39.7 Å². The average molecular weight is 343 g/mol. The number of carbonyl (C=O) groups excluding carboxylic acids is 2. The van der Waals surface area contributed by atoms with E-state index in [1.165, 1.54) is 0 Å². The fourth-order valence-electron chi connectivity index (χ4n) is 2.66. The van der Waals surface area contributed by atoms with Gasteiger partial charge in [-0.15, -0.1) is 0 Å². The second kappa shape index (κ2) is 9.96. The number of nitrogens with one attached hydrogen (secondary N) is 1. The minimum absolute atomic E-state index is 0.159. The van der Waals surface area contributed by atoms with Crippen molar-refractivity contribution in [2.24, 2.45) is 17.6 Å². The van der Waals surface area contributed by atoms with E-state index in [4.69, 9.17) is 15.2 Å². The number of esters is 1. The van der Waals surface area contributed by atoms with Gasteiger partial charge in [0, 0.05) is 26.2 Å². The number of amides is 1. The zero-order valence-corrected chi connectivity index (χ0v) is 15.5. The molecule has 1 rings (SSSR count). The van der Waals surface area contributed by atoms with Gasteiger partial charge in [-0.05, 0) is 39.7 Å². The molecule has 140 valence electrons. The van der Waals surface area contributed by atoms with Gasteiger partial charge in [0.05, 0.1) is 13.2 Å². The van der Waals surface area contributed by atoms with Gasteiger partial charge in [0.25, 0.3) is 0 Å². The molecule has 1 aliphatic rings. The molecule has 0 aliphatic carbocycles. The molecule has 24 heavy (non-hydrogen) atoms. The summed E-state index contributed by atoms with van der Waals surface area (Å²) in [6.45, 7) is 12.1. The lowest BCUT2D eigenvalue weighted by Gasteiger charge is -2.28. The van der Waals surface area contributed by atoms with Gasteiger partial charge in [-0.2, -0.15) is 0 Å². The Hall–Kier alpha value is -1.18. The second-order valence-electron chi connectivity index (χ2n) is 7.31. The highest BCUT2D eigenvalue weighted by Gasteiger charge is 2.35. The van der Waals surface area contributed by atoms with Crippen LogP contribution in [-0.4, -0.2) is 68.3 Å². The number of nitrogens with zero attached hydrogens (tertiary/aromatic N) is 1. The Morgan fingerprint density at radius 1 is 1.29 bits per heavy atom. The topological polar surface area (TPSA) is 93.9 Å². The minimum atomic E-state index is -0.822. The molecule has 0 spiro atoms. The molecule has 0 radical (unpaired) electrons. The van der Waals surface area contributed by atoms with E-state index in [-0.39, 0.29) is 11.8 Å². The van der Waals surface area contributed by atoms with Crippen molar-refractivity contribution in [3.63, 3.8) is 0 Å². The normalized spacial score (nSPS) is 18.7. The highest BCUT2D eigenvalue weighted by atomic mass is 16.6. The lowest BCUT2D eigenvalue weighted by atomic mass is 9.90. The van der Waals surface area contributed by atoms with E-state index >= 15 is 0 Å². The molecule has 1 amide bonds. The zero-order chi connectivity index (χ0) is 18.2. The number of ether oxygens (including phenoxy) is 2. The molecule has 1 fully saturated rings. The van der Waals surface area contributed by atoms with Crippen molar-refractivity contribution in [3.8, 4) is 0 Å². The number of rotatable bonds is 8. The maximum absolute atomic E-state index is 12.5. The van der Waals surface area contributed by atoms with Crippen LogP contribution in [0.15, 0.2) is 0 Å². The third-order valence-electron chi connectivity index (χ3n) is 3.97. The summed E-state index contributed by atoms with van der Waals surface area (Å²) < 4.78 is 10.7. The molecular weight excluding hydrogens is 310 g/mol. The van der Waals surface area contributed by atoms with Crippen LogP contribution in [-0.2, 0) is 19.1 Å². The molecule has 1 heterocycles. The number of nitrogens with two attached hydrogens (primary N) is 1. The molecule has 1 aliphatic heterocycles. The number of morpholine rings is 1. The average Bonchev–Trinajstić information content (AvgIpc) is 2.47. The molecule has 1 saturated heterocycles. The van der Waals surface area contributed by atoms with E-state index in [0.29, 0.717) is 19.5 Å². The molecule has 7 heteroatoms. The van der Waals surface area contributed by atoms with Crippen LogP contribution in [0, 0.1) is 11.8 Å². The Morgan fingerprint density at radius 2 is 1.92 bits per heavy atom. The van der Waals surface area contributed by atoms with E-state index in [1.54, 1.807) is 20.8 Å². The summed E-state index contributed by atoms with van der Waals surface area (Å²) in [5.74, 6) is -1.74. The maximum Gasteiger partial charge on any atom is 0.319 e. The Kier molecular flexibility index (Phi) is 8.66. The fraction of sp³-hybridized carbons (Fsp3) is 0.882. The Labute approximate surface area is 145 Å². The SMILES string of the molecule is CC(CCN)C(C(=O)NCCN1CCOCC1)C(=O)OC(C)(C)C. The van der Waals surface area contributed by atoms with Gasteiger partial charge >= 0.3 is 5.97 Å². The van der Waals surface area contributed by atoms with Gasteiger partial charge in [-0.3, -0.25) is 14.5 Å². The third-order valence-corrected chi connectivity index (χ3v) is 3.97. The molecule has 0 aromatic heterocycles. The van der Waals surface area contributed by atoms with Crippen molar-refractivity contribution in [1.82, 2.24) is 10.2 Å². The van der Waals surface area contributed by atoms with Gasteiger partial charge in [-0.25, -0.2) is 0 Å². The molecule has 2 unspecified atom stereocenters. The summed E-state index contributed by atoms with van der Waals surface area (Å²) in [5.41, 5.74) is 4.97. The number of carbonyl (C=O) groups is 2. The summed E-state index contributed by atoms with van der Waals surface area (Å²) in [5, 5.41) is 2.87. The smallest absolute Gasteiger partial charge is 0.319 e. The molecule has 0 aromatic rings. The van der Waals surface area contributed by atoms with E-state index in [2.05, 4.69) is 10.2 Å². The minimum Gasteiger partial charge on any atom is -0.459 e. The zero-order valence-electron chi connectivity index (χ0n) is 15.5. The van der Waals surface area contributed by atoms with Crippen LogP contribution in [0.5, 0.6) is 0 Å². The summed E-state index contributed by atoms with van der Waals surface area (Å²) >= 11 is 0. The quantitative estimate of drug-likeness (QED) is 0.489. The first-order valence-electron chi connectivity index (χ1n) is 8.75. The third kappa shape index (κ3) is 7.59. The van der Waals surface area contributed by atoms with Crippen LogP contribution in [0.1, 0.15) is 34.1 Å². The standard InChI is InChI=1S/C17H33N3O4/c1-13(5-6-18)14(16(22)24-17(2,3)4)15(21)19-7-8-20-9-11-23-12-10-20/h13-14H,5-12,18H2,1-4H3,(H,19,21). The van der Waals surface area contributed by atoms with Crippen molar-refractivity contribution >= 4 is 11.9 Å². The first kappa shape index (κ1) is 20.9. The van der Waals surface area contributed by atoms with Crippen LogP contribution in [0.3, 0.4) is 0 Å². The van der Waals surface area contributed by atoms with Gasteiger partial charge in [0.2, 0.25) is 5.91 Å². The van der Waals surface area contributed by atoms with E-state index in [1.807, 2.05) is 6.92 Å². The van der Waals surface area contributed by atoms with Crippen molar-refractivity contribution in [3.05, 3.63) is 0 Å². The number of hydrogen-bond acceptors (Lipinski definition) is 6. The summed E-state index contributed by atoms with van der Waals surface area (Å²) in [6, 6.07) is 0. The molecule has 7 nitrogen and oxygen atoms in total. The van der Waals surface area contributed by atoms with Gasteiger partial charge < -0.3 is 20.5 Å². The van der Waals surface area contributed by atoms with Crippen LogP contribution in [0.2, 0.25) is 0 Å². The monoisotopic (exact) mass is 343 g/mol. The van der Waals surface area contributed by atoms with Crippen LogP contribution in [0.4, 0.5) is 0 Å². The largest absolute Gasteiger partial charge is 0.459 e. The molecule has 3 N–H and O–H groups in total. The molecule has 2 atom stereocenters. The number of hydrogen-bond donors (Lipinski definition) is 2. The first-order chi connectivity index (χ1) is 11.2. The predicted octanol–water partition coefficient (Wildman–Crippen LogP) is 0.378. The molecule has 0 aromatic carbocycles. The highest BCUT2D eigenvalue weighted by molar-refractivity contribution is 5.98. The maximum atomic E-state index is 12.5. The van der Waals surface area contributed by atoms with Crippen molar-refractivity contribution < 1.29 is 19.1 Å².